The highest BCUT2D eigenvalue weighted by Gasteiger charge is 2.37. The highest BCUT2D eigenvalue weighted by Crippen LogP contribution is 2.37. The molecule has 26 heavy (non-hydrogen) atoms. The largest absolute Gasteiger partial charge is 0.371 e. The zero-order valence-electron chi connectivity index (χ0n) is 13.6. The Bertz CT molecular complexity index is 1010. The van der Waals surface area contributed by atoms with Gasteiger partial charge in [0.25, 0.3) is 11.8 Å². The van der Waals surface area contributed by atoms with E-state index in [1.165, 1.54) is 6.07 Å². The van der Waals surface area contributed by atoms with Crippen LogP contribution in [-0.2, 0) is 14.4 Å². The predicted octanol–water partition coefficient (Wildman–Crippen LogP) is 2.22. The molecule has 0 bridgehead atoms. The van der Waals surface area contributed by atoms with Crippen molar-refractivity contribution in [3.05, 3.63) is 41.5 Å². The van der Waals surface area contributed by atoms with Crippen LogP contribution in [0.4, 0.5) is 10.1 Å². The van der Waals surface area contributed by atoms with Crippen LogP contribution >= 0.6 is 0 Å². The first-order valence-corrected chi connectivity index (χ1v) is 9.68. The Morgan fingerprint density at radius 2 is 1.65 bits per heavy atom. The van der Waals surface area contributed by atoms with Gasteiger partial charge < -0.3 is 4.90 Å². The van der Waals surface area contributed by atoms with Gasteiger partial charge in [-0.25, -0.2) is 4.39 Å². The highest BCUT2D eigenvalue weighted by atomic mass is 32.2. The Balaban J connectivity index is 1.88. The standard InChI is InChI=1S/C17H15FN2O5S/c18-10-26(23,24)25-20-16(21)12-5-3-4-11-14(19-8-1-2-9-19)7-6-13(15(11)12)17(20)22/h3-7H,1-2,8-10H2. The number of carbonyl (C=O) groups excluding carboxylic acids is 2. The Hall–Kier alpha value is -2.52. The molecule has 2 amide bonds. The third-order valence-corrected chi connectivity index (χ3v) is 5.26. The lowest BCUT2D eigenvalue weighted by molar-refractivity contribution is -0.0161. The van der Waals surface area contributed by atoms with Crippen LogP contribution in [0.1, 0.15) is 33.6 Å². The third-order valence-electron chi connectivity index (χ3n) is 4.62. The predicted molar refractivity (Wildman–Crippen MR) is 91.9 cm³/mol. The summed E-state index contributed by atoms with van der Waals surface area (Å²) in [4.78, 5) is 27.4. The summed E-state index contributed by atoms with van der Waals surface area (Å²) in [5.41, 5.74) is 1.22. The monoisotopic (exact) mass is 378 g/mol. The van der Waals surface area contributed by atoms with Crippen LogP contribution in [0.5, 0.6) is 0 Å². The topological polar surface area (TPSA) is 84.0 Å². The van der Waals surface area contributed by atoms with E-state index in [4.69, 9.17) is 0 Å². The van der Waals surface area contributed by atoms with E-state index in [9.17, 15) is 22.4 Å². The quantitative estimate of drug-likeness (QED) is 0.759. The Labute approximate surface area is 149 Å². The molecule has 0 atom stereocenters. The van der Waals surface area contributed by atoms with E-state index in [1.54, 1.807) is 18.2 Å². The lowest BCUT2D eigenvalue weighted by Crippen LogP contribution is -2.42. The molecule has 0 spiro atoms. The smallest absolute Gasteiger partial charge is 0.318 e. The molecule has 0 aliphatic carbocycles. The lowest BCUT2D eigenvalue weighted by atomic mass is 9.93. The van der Waals surface area contributed by atoms with Gasteiger partial charge in [-0.1, -0.05) is 12.1 Å². The maximum absolute atomic E-state index is 12.6. The minimum Gasteiger partial charge on any atom is -0.371 e. The average Bonchev–Trinajstić information content (AvgIpc) is 3.17. The number of nitrogens with zero attached hydrogens (tertiary/aromatic N) is 2. The lowest BCUT2D eigenvalue weighted by Gasteiger charge is -2.27. The van der Waals surface area contributed by atoms with E-state index in [-0.39, 0.29) is 16.2 Å². The summed E-state index contributed by atoms with van der Waals surface area (Å²) in [7, 11) is -4.67. The first-order valence-electron chi connectivity index (χ1n) is 8.10. The number of anilines is 1. The molecular formula is C17H15FN2O5S. The number of benzene rings is 2. The Morgan fingerprint density at radius 1 is 1.00 bits per heavy atom. The summed E-state index contributed by atoms with van der Waals surface area (Å²) in [6.07, 6.45) is 2.15. The molecule has 9 heteroatoms. The number of hydroxylamine groups is 2. The molecule has 4 rings (SSSR count). The second kappa shape index (κ2) is 6.03. The van der Waals surface area contributed by atoms with Gasteiger partial charge in [-0.3, -0.25) is 9.59 Å². The van der Waals surface area contributed by atoms with Crippen LogP contribution in [0.15, 0.2) is 30.3 Å². The molecule has 2 heterocycles. The number of amides is 2. The van der Waals surface area contributed by atoms with Crippen molar-refractivity contribution < 1.29 is 26.7 Å². The van der Waals surface area contributed by atoms with Gasteiger partial charge in [-0.2, -0.15) is 8.42 Å². The van der Waals surface area contributed by atoms with E-state index in [0.717, 1.165) is 37.0 Å². The van der Waals surface area contributed by atoms with Gasteiger partial charge in [0.1, 0.15) is 0 Å². The molecule has 0 unspecified atom stereocenters. The van der Waals surface area contributed by atoms with E-state index in [0.29, 0.717) is 5.39 Å². The molecule has 0 aromatic heterocycles. The molecule has 2 aliphatic rings. The molecule has 0 N–H and O–H groups in total. The fraction of sp³-hybridized carbons (Fsp3) is 0.294. The second-order valence-electron chi connectivity index (χ2n) is 6.20. The summed E-state index contributed by atoms with van der Waals surface area (Å²) in [5, 5.41) is 1.32. The van der Waals surface area contributed by atoms with Crippen molar-refractivity contribution in [2.45, 2.75) is 12.8 Å². The summed E-state index contributed by atoms with van der Waals surface area (Å²) in [6.45, 7) is 1.79. The minimum absolute atomic E-state index is 0.113. The van der Waals surface area contributed by atoms with Crippen LogP contribution in [0.25, 0.3) is 10.8 Å². The van der Waals surface area contributed by atoms with E-state index < -0.39 is 27.9 Å². The normalized spacial score (nSPS) is 17.4. The van der Waals surface area contributed by atoms with Crippen LogP contribution in [0, 0.1) is 0 Å². The van der Waals surface area contributed by atoms with Gasteiger partial charge in [-0.05, 0) is 31.0 Å². The van der Waals surface area contributed by atoms with Gasteiger partial charge in [0.15, 0.2) is 0 Å². The van der Waals surface area contributed by atoms with Gasteiger partial charge in [0.2, 0.25) is 6.01 Å². The van der Waals surface area contributed by atoms with Gasteiger partial charge >= 0.3 is 10.1 Å². The number of alkyl halides is 1. The number of rotatable bonds is 4. The Morgan fingerprint density at radius 3 is 2.31 bits per heavy atom. The van der Waals surface area contributed by atoms with Crippen molar-refractivity contribution in [2.24, 2.45) is 0 Å². The van der Waals surface area contributed by atoms with Crippen molar-refractivity contribution in [3.8, 4) is 0 Å². The fourth-order valence-corrected chi connectivity index (χ4v) is 3.90. The van der Waals surface area contributed by atoms with Gasteiger partial charge in [0.05, 0.1) is 11.1 Å². The molecule has 1 saturated heterocycles. The molecule has 136 valence electrons. The van der Waals surface area contributed by atoms with Crippen LogP contribution in [-0.4, -0.2) is 44.4 Å². The zero-order valence-corrected chi connectivity index (χ0v) is 14.5. The first kappa shape index (κ1) is 16.9. The number of carbonyl (C=O) groups is 2. The molecule has 2 aliphatic heterocycles. The van der Waals surface area contributed by atoms with E-state index in [2.05, 4.69) is 9.18 Å². The van der Waals surface area contributed by atoms with E-state index in [1.807, 2.05) is 6.07 Å². The molecule has 0 radical (unpaired) electrons. The van der Waals surface area contributed by atoms with Crippen LogP contribution in [0.2, 0.25) is 0 Å². The summed E-state index contributed by atoms with van der Waals surface area (Å²) in [5.74, 6) is -1.85. The average molecular weight is 378 g/mol. The second-order valence-corrected chi connectivity index (χ2v) is 7.68. The maximum atomic E-state index is 12.6. The van der Waals surface area contributed by atoms with Gasteiger partial charge in [0, 0.05) is 29.5 Å². The van der Waals surface area contributed by atoms with Crippen molar-refractivity contribution in [1.29, 1.82) is 0 Å². The molecular weight excluding hydrogens is 363 g/mol. The molecule has 1 fully saturated rings. The first-order chi connectivity index (χ1) is 12.4. The Kier molecular flexibility index (Phi) is 3.92. The summed E-state index contributed by atoms with van der Waals surface area (Å²) >= 11 is 0. The SMILES string of the molecule is O=C1c2cccc3c(N4CCCC4)ccc(c23)C(=O)N1OS(=O)(=O)CF. The van der Waals surface area contributed by atoms with Gasteiger partial charge in [-0.15, -0.1) is 9.35 Å². The number of hydrogen-bond donors (Lipinski definition) is 0. The van der Waals surface area contributed by atoms with Crippen molar-refractivity contribution in [2.75, 3.05) is 24.0 Å². The molecule has 2 aromatic rings. The highest BCUT2D eigenvalue weighted by molar-refractivity contribution is 7.86. The minimum atomic E-state index is -4.67. The fourth-order valence-electron chi connectivity index (χ4n) is 3.49. The van der Waals surface area contributed by atoms with Crippen molar-refractivity contribution >= 4 is 38.4 Å². The number of imide groups is 1. The zero-order chi connectivity index (χ0) is 18.5. The van der Waals surface area contributed by atoms with Crippen molar-refractivity contribution in [1.82, 2.24) is 5.06 Å². The van der Waals surface area contributed by atoms with Crippen LogP contribution < -0.4 is 4.90 Å². The van der Waals surface area contributed by atoms with Crippen molar-refractivity contribution in [3.63, 3.8) is 0 Å². The number of hydrogen-bond acceptors (Lipinski definition) is 6. The summed E-state index contributed by atoms with van der Waals surface area (Å²) < 4.78 is 39.7. The molecule has 7 nitrogen and oxygen atoms in total. The number of halogens is 1. The third kappa shape index (κ3) is 2.55. The van der Waals surface area contributed by atoms with Crippen LogP contribution in [0.3, 0.4) is 0 Å². The maximum Gasteiger partial charge on any atom is 0.318 e. The molecule has 2 aromatic carbocycles. The summed E-state index contributed by atoms with van der Waals surface area (Å²) in [6, 6.07) is 6.47. The van der Waals surface area contributed by atoms with E-state index >= 15 is 0 Å². The molecule has 0 saturated carbocycles.